The van der Waals surface area contributed by atoms with Crippen molar-refractivity contribution < 1.29 is 19.4 Å². The Hall–Kier alpha value is -1.66. The van der Waals surface area contributed by atoms with Crippen LogP contribution in [0.4, 0.5) is 0 Å². The van der Waals surface area contributed by atoms with E-state index < -0.39 is 12.1 Å². The van der Waals surface area contributed by atoms with Gasteiger partial charge < -0.3 is 14.7 Å². The third kappa shape index (κ3) is 4.18. The summed E-state index contributed by atoms with van der Waals surface area (Å²) in [7, 11) is 0. The van der Waals surface area contributed by atoms with E-state index in [1.54, 1.807) is 22.3 Å². The Labute approximate surface area is 115 Å². The Kier molecular flexibility index (Phi) is 4.70. The molecular weight excluding hydrogens is 266 g/mol. The van der Waals surface area contributed by atoms with Crippen molar-refractivity contribution >= 4 is 29.3 Å². The summed E-state index contributed by atoms with van der Waals surface area (Å²) in [4.78, 5) is 25.2. The van der Waals surface area contributed by atoms with Gasteiger partial charge in [-0.2, -0.15) is 0 Å². The number of carboxylic acids is 1. The molecule has 1 saturated heterocycles. The number of carbonyl (C=O) groups excluding carboxylic acids is 1. The zero-order valence-corrected chi connectivity index (χ0v) is 11.1. The molecule has 102 valence electrons. The van der Waals surface area contributed by atoms with Crippen LogP contribution in [0.25, 0.3) is 6.08 Å². The summed E-state index contributed by atoms with van der Waals surface area (Å²) in [6, 6.07) is 3.85. The van der Waals surface area contributed by atoms with Crippen LogP contribution in [0.5, 0.6) is 0 Å². The van der Waals surface area contributed by atoms with Gasteiger partial charge in [0.05, 0.1) is 19.1 Å². The molecule has 0 radical (unpaired) electrons. The smallest absolute Gasteiger partial charge is 0.306 e. The molecule has 1 aliphatic heterocycles. The summed E-state index contributed by atoms with van der Waals surface area (Å²) >= 11 is 1.56. The summed E-state index contributed by atoms with van der Waals surface area (Å²) in [5, 5.41) is 10.7. The molecule has 1 atom stereocenters. The van der Waals surface area contributed by atoms with Crippen molar-refractivity contribution in [3.63, 3.8) is 0 Å². The molecule has 2 heterocycles. The van der Waals surface area contributed by atoms with Crippen LogP contribution in [0.3, 0.4) is 0 Å². The van der Waals surface area contributed by atoms with Crippen molar-refractivity contribution in [3.05, 3.63) is 28.5 Å². The Balaban J connectivity index is 1.90. The van der Waals surface area contributed by atoms with E-state index in [2.05, 4.69) is 0 Å². The van der Waals surface area contributed by atoms with Gasteiger partial charge in [0, 0.05) is 24.0 Å². The van der Waals surface area contributed by atoms with E-state index in [0.717, 1.165) is 4.88 Å². The van der Waals surface area contributed by atoms with Gasteiger partial charge in [0.1, 0.15) is 0 Å². The van der Waals surface area contributed by atoms with E-state index in [1.807, 2.05) is 17.5 Å². The normalized spacial score (nSPS) is 19.8. The van der Waals surface area contributed by atoms with E-state index in [0.29, 0.717) is 19.7 Å². The number of carbonyl (C=O) groups is 2. The monoisotopic (exact) mass is 281 g/mol. The highest BCUT2D eigenvalue weighted by molar-refractivity contribution is 7.10. The van der Waals surface area contributed by atoms with E-state index in [1.165, 1.54) is 6.08 Å². The van der Waals surface area contributed by atoms with Crippen LogP contribution in [0, 0.1) is 0 Å². The molecule has 0 aromatic carbocycles. The van der Waals surface area contributed by atoms with Crippen LogP contribution in [-0.2, 0) is 14.3 Å². The van der Waals surface area contributed by atoms with Crippen LogP contribution < -0.4 is 0 Å². The maximum Gasteiger partial charge on any atom is 0.306 e. The second-order valence-electron chi connectivity index (χ2n) is 4.22. The molecule has 6 heteroatoms. The lowest BCUT2D eigenvalue weighted by Gasteiger charge is -2.31. The van der Waals surface area contributed by atoms with Gasteiger partial charge in [0.2, 0.25) is 5.91 Å². The first-order chi connectivity index (χ1) is 9.15. The summed E-state index contributed by atoms with van der Waals surface area (Å²) < 4.78 is 5.32. The van der Waals surface area contributed by atoms with Crippen LogP contribution in [0.15, 0.2) is 23.6 Å². The van der Waals surface area contributed by atoms with Crippen molar-refractivity contribution in [2.45, 2.75) is 12.5 Å². The predicted molar refractivity (Wildman–Crippen MR) is 71.9 cm³/mol. The molecule has 1 fully saturated rings. The number of ether oxygens (including phenoxy) is 1. The molecule has 1 aromatic heterocycles. The molecule has 0 bridgehead atoms. The highest BCUT2D eigenvalue weighted by Gasteiger charge is 2.24. The van der Waals surface area contributed by atoms with Gasteiger partial charge in [0.25, 0.3) is 0 Å². The van der Waals surface area contributed by atoms with E-state index >= 15 is 0 Å². The fourth-order valence-electron chi connectivity index (χ4n) is 1.88. The van der Waals surface area contributed by atoms with Crippen molar-refractivity contribution in [1.82, 2.24) is 4.90 Å². The number of nitrogens with zero attached hydrogens (tertiary/aromatic N) is 1. The molecule has 0 saturated carbocycles. The second-order valence-corrected chi connectivity index (χ2v) is 5.20. The number of hydrogen-bond acceptors (Lipinski definition) is 4. The lowest BCUT2D eigenvalue weighted by molar-refractivity contribution is -0.145. The largest absolute Gasteiger partial charge is 0.481 e. The number of hydrogen-bond donors (Lipinski definition) is 1. The maximum atomic E-state index is 12.0. The van der Waals surface area contributed by atoms with Gasteiger partial charge in [-0.3, -0.25) is 9.59 Å². The number of carboxylic acid groups (broad SMARTS) is 1. The third-order valence-corrected chi connectivity index (χ3v) is 3.62. The van der Waals surface area contributed by atoms with Crippen molar-refractivity contribution in [2.24, 2.45) is 0 Å². The fraction of sp³-hybridized carbons (Fsp3) is 0.385. The van der Waals surface area contributed by atoms with Crippen LogP contribution in [-0.4, -0.2) is 47.7 Å². The van der Waals surface area contributed by atoms with Gasteiger partial charge >= 0.3 is 5.97 Å². The predicted octanol–water partition coefficient (Wildman–Crippen LogP) is 1.46. The van der Waals surface area contributed by atoms with Crippen LogP contribution in [0.1, 0.15) is 11.3 Å². The van der Waals surface area contributed by atoms with Gasteiger partial charge in [0.15, 0.2) is 0 Å². The Morgan fingerprint density at radius 1 is 1.58 bits per heavy atom. The highest BCUT2D eigenvalue weighted by Crippen LogP contribution is 2.12. The van der Waals surface area contributed by atoms with E-state index in [4.69, 9.17) is 9.84 Å². The molecule has 1 aliphatic rings. The maximum absolute atomic E-state index is 12.0. The van der Waals surface area contributed by atoms with Crippen molar-refractivity contribution in [2.75, 3.05) is 19.7 Å². The molecule has 5 nitrogen and oxygen atoms in total. The fourth-order valence-corrected chi connectivity index (χ4v) is 2.50. The molecule has 1 N–H and O–H groups in total. The minimum absolute atomic E-state index is 0.0710. The van der Waals surface area contributed by atoms with Crippen molar-refractivity contribution in [1.29, 1.82) is 0 Å². The lowest BCUT2D eigenvalue weighted by Crippen LogP contribution is -2.45. The second kappa shape index (κ2) is 6.49. The van der Waals surface area contributed by atoms with Gasteiger partial charge in [-0.1, -0.05) is 6.07 Å². The Morgan fingerprint density at radius 2 is 2.42 bits per heavy atom. The molecule has 1 unspecified atom stereocenters. The average molecular weight is 281 g/mol. The molecule has 1 amide bonds. The molecule has 0 spiro atoms. The summed E-state index contributed by atoms with van der Waals surface area (Å²) in [5.74, 6) is -1.01. The standard InChI is InChI=1S/C13H15NO4S/c15-12(4-3-11-2-1-7-19-11)14-5-6-18-10(9-14)8-13(16)17/h1-4,7,10H,5-6,8-9H2,(H,16,17)/b4-3+. The zero-order chi connectivity index (χ0) is 13.7. The number of aliphatic carboxylic acids is 1. The van der Waals surface area contributed by atoms with Gasteiger partial charge in [-0.05, 0) is 17.5 Å². The SMILES string of the molecule is O=C(O)CC1CN(C(=O)/C=C/c2cccs2)CCO1. The number of rotatable bonds is 4. The number of thiophene rings is 1. The van der Waals surface area contributed by atoms with Crippen LogP contribution in [0.2, 0.25) is 0 Å². The zero-order valence-electron chi connectivity index (χ0n) is 10.3. The third-order valence-electron chi connectivity index (χ3n) is 2.79. The topological polar surface area (TPSA) is 66.8 Å². The number of amides is 1. The number of morpholine rings is 1. The first kappa shape index (κ1) is 13.8. The first-order valence-electron chi connectivity index (χ1n) is 5.99. The first-order valence-corrected chi connectivity index (χ1v) is 6.87. The van der Waals surface area contributed by atoms with Gasteiger partial charge in [-0.15, -0.1) is 11.3 Å². The average Bonchev–Trinajstić information content (AvgIpc) is 2.88. The van der Waals surface area contributed by atoms with Gasteiger partial charge in [-0.25, -0.2) is 0 Å². The lowest BCUT2D eigenvalue weighted by atomic mass is 10.2. The minimum atomic E-state index is -0.909. The molecule has 1 aromatic rings. The summed E-state index contributed by atoms with van der Waals surface area (Å²) in [5.41, 5.74) is 0. The molecule has 0 aliphatic carbocycles. The molecule has 19 heavy (non-hydrogen) atoms. The van der Waals surface area contributed by atoms with E-state index in [9.17, 15) is 9.59 Å². The minimum Gasteiger partial charge on any atom is -0.481 e. The summed E-state index contributed by atoms with van der Waals surface area (Å²) in [6.45, 7) is 1.22. The van der Waals surface area contributed by atoms with Crippen molar-refractivity contribution in [3.8, 4) is 0 Å². The molecular formula is C13H15NO4S. The van der Waals surface area contributed by atoms with Crippen LogP contribution >= 0.6 is 11.3 Å². The summed E-state index contributed by atoms with van der Waals surface area (Å²) in [6.07, 6.45) is 2.81. The Bertz CT molecular complexity index is 469. The molecule has 2 rings (SSSR count). The van der Waals surface area contributed by atoms with E-state index in [-0.39, 0.29) is 12.3 Å². The Morgan fingerprint density at radius 3 is 3.11 bits per heavy atom. The quantitative estimate of drug-likeness (QED) is 0.849. The highest BCUT2D eigenvalue weighted by atomic mass is 32.1.